The number of methoxy groups -OCH3 is 1. The van der Waals surface area contributed by atoms with Gasteiger partial charge in [0, 0.05) is 32.8 Å². The predicted molar refractivity (Wildman–Crippen MR) is 45.9 cm³/mol. The molecule has 1 amide bonds. The van der Waals surface area contributed by atoms with E-state index in [9.17, 15) is 4.79 Å². The lowest BCUT2D eigenvalue weighted by Gasteiger charge is -2.33. The summed E-state index contributed by atoms with van der Waals surface area (Å²) in [5.74, 6) is 0.0894. The van der Waals surface area contributed by atoms with Crippen molar-refractivity contribution in [2.75, 3.05) is 33.4 Å². The Morgan fingerprint density at radius 3 is 3.08 bits per heavy atom. The second kappa shape index (κ2) is 4.42. The molecule has 0 radical (unpaired) electrons. The van der Waals surface area contributed by atoms with Gasteiger partial charge in [0.25, 0.3) is 0 Å². The van der Waals surface area contributed by atoms with Crippen molar-refractivity contribution in [2.45, 2.75) is 13.0 Å². The maximum atomic E-state index is 11.4. The van der Waals surface area contributed by atoms with Crippen molar-refractivity contribution in [1.29, 1.82) is 0 Å². The smallest absolute Gasteiger partial charge is 0.248 e. The molecule has 1 saturated heterocycles. The minimum atomic E-state index is 0.0894. The van der Waals surface area contributed by atoms with Gasteiger partial charge in [-0.15, -0.1) is 0 Å². The van der Waals surface area contributed by atoms with E-state index in [1.54, 1.807) is 7.11 Å². The fourth-order valence-electron chi connectivity index (χ4n) is 1.42. The van der Waals surface area contributed by atoms with Gasteiger partial charge in [0.15, 0.2) is 0 Å². The van der Waals surface area contributed by atoms with Crippen LogP contribution in [0.1, 0.15) is 6.92 Å². The summed E-state index contributed by atoms with van der Waals surface area (Å²) in [5.41, 5.74) is 0. The summed E-state index contributed by atoms with van der Waals surface area (Å²) in [6.07, 6.45) is 0. The first-order valence-corrected chi connectivity index (χ1v) is 4.25. The molecule has 1 N–H and O–H groups in total. The van der Waals surface area contributed by atoms with Gasteiger partial charge in [0.2, 0.25) is 5.91 Å². The number of ether oxygens (including phenoxy) is 1. The summed E-state index contributed by atoms with van der Waals surface area (Å²) in [4.78, 5) is 13.2. The zero-order valence-corrected chi connectivity index (χ0v) is 7.67. The van der Waals surface area contributed by atoms with Crippen molar-refractivity contribution in [2.24, 2.45) is 0 Å². The highest BCUT2D eigenvalue weighted by Gasteiger charge is 2.21. The Kier molecular flexibility index (Phi) is 3.49. The van der Waals surface area contributed by atoms with Gasteiger partial charge in [-0.3, -0.25) is 4.79 Å². The van der Waals surface area contributed by atoms with Gasteiger partial charge in [0.05, 0.1) is 0 Å². The van der Waals surface area contributed by atoms with Crippen molar-refractivity contribution in [3.05, 3.63) is 0 Å². The number of carbonyl (C=O) groups excluding carboxylic acids is 1. The van der Waals surface area contributed by atoms with Crippen LogP contribution in [0.5, 0.6) is 0 Å². The van der Waals surface area contributed by atoms with Crippen LogP contribution in [0.15, 0.2) is 0 Å². The first-order chi connectivity index (χ1) is 5.75. The summed E-state index contributed by atoms with van der Waals surface area (Å²) < 4.78 is 4.79. The van der Waals surface area contributed by atoms with Crippen molar-refractivity contribution in [3.63, 3.8) is 0 Å². The van der Waals surface area contributed by atoms with E-state index in [1.165, 1.54) is 0 Å². The van der Waals surface area contributed by atoms with E-state index in [-0.39, 0.29) is 12.5 Å². The SMILES string of the molecule is COCC(=O)N1CCNCC1C. The van der Waals surface area contributed by atoms with Gasteiger partial charge in [-0.2, -0.15) is 0 Å². The lowest BCUT2D eigenvalue weighted by Crippen LogP contribution is -2.53. The van der Waals surface area contributed by atoms with Crippen LogP contribution < -0.4 is 5.32 Å². The van der Waals surface area contributed by atoms with Gasteiger partial charge in [-0.1, -0.05) is 0 Å². The van der Waals surface area contributed by atoms with Crippen LogP contribution >= 0.6 is 0 Å². The first kappa shape index (κ1) is 9.48. The Labute approximate surface area is 72.9 Å². The number of hydrogen-bond donors (Lipinski definition) is 1. The predicted octanol–water partition coefficient (Wildman–Crippen LogP) is -0.547. The van der Waals surface area contributed by atoms with Gasteiger partial charge in [0.1, 0.15) is 6.61 Å². The third kappa shape index (κ3) is 2.19. The van der Waals surface area contributed by atoms with Crippen LogP contribution in [0.4, 0.5) is 0 Å². The number of rotatable bonds is 2. The van der Waals surface area contributed by atoms with E-state index in [1.807, 2.05) is 11.8 Å². The molecule has 1 fully saturated rings. The molecule has 1 rings (SSSR count). The Hall–Kier alpha value is -0.610. The van der Waals surface area contributed by atoms with Crippen LogP contribution in [0.25, 0.3) is 0 Å². The highest BCUT2D eigenvalue weighted by atomic mass is 16.5. The largest absolute Gasteiger partial charge is 0.375 e. The van der Waals surface area contributed by atoms with E-state index in [2.05, 4.69) is 5.32 Å². The number of nitrogens with zero attached hydrogens (tertiary/aromatic N) is 1. The average molecular weight is 172 g/mol. The molecule has 1 aliphatic heterocycles. The van der Waals surface area contributed by atoms with E-state index < -0.39 is 0 Å². The van der Waals surface area contributed by atoms with Crippen molar-refractivity contribution >= 4 is 5.91 Å². The molecule has 4 heteroatoms. The fourth-order valence-corrected chi connectivity index (χ4v) is 1.42. The third-order valence-electron chi connectivity index (χ3n) is 2.09. The maximum absolute atomic E-state index is 11.4. The summed E-state index contributed by atoms with van der Waals surface area (Å²) in [6.45, 7) is 4.81. The van der Waals surface area contributed by atoms with Crippen molar-refractivity contribution in [1.82, 2.24) is 10.2 Å². The van der Waals surface area contributed by atoms with Crippen LogP contribution in [0.3, 0.4) is 0 Å². The molecule has 70 valence electrons. The highest BCUT2D eigenvalue weighted by Crippen LogP contribution is 2.02. The average Bonchev–Trinajstić information content (AvgIpc) is 2.05. The molecule has 0 aliphatic carbocycles. The Balaban J connectivity index is 2.42. The summed E-state index contributed by atoms with van der Waals surface area (Å²) >= 11 is 0. The van der Waals surface area contributed by atoms with E-state index in [4.69, 9.17) is 4.74 Å². The van der Waals surface area contributed by atoms with E-state index in [0.29, 0.717) is 6.04 Å². The summed E-state index contributed by atoms with van der Waals surface area (Å²) in [6, 6.07) is 0.293. The number of amides is 1. The summed E-state index contributed by atoms with van der Waals surface area (Å²) in [5, 5.41) is 3.23. The minimum absolute atomic E-state index is 0.0894. The first-order valence-electron chi connectivity index (χ1n) is 4.25. The lowest BCUT2D eigenvalue weighted by atomic mass is 10.2. The van der Waals surface area contributed by atoms with Gasteiger partial charge >= 0.3 is 0 Å². The monoisotopic (exact) mass is 172 g/mol. The van der Waals surface area contributed by atoms with E-state index >= 15 is 0 Å². The number of piperazine rings is 1. The molecule has 1 heterocycles. The molecular formula is C8H16N2O2. The Morgan fingerprint density at radius 1 is 1.75 bits per heavy atom. The normalized spacial score (nSPS) is 24.2. The molecule has 0 bridgehead atoms. The zero-order chi connectivity index (χ0) is 8.97. The molecule has 0 saturated carbocycles. The molecule has 4 nitrogen and oxygen atoms in total. The minimum Gasteiger partial charge on any atom is -0.375 e. The van der Waals surface area contributed by atoms with Crippen LogP contribution in [-0.4, -0.2) is 50.2 Å². The molecule has 1 atom stereocenters. The molecule has 0 aromatic carbocycles. The zero-order valence-electron chi connectivity index (χ0n) is 7.67. The second-order valence-electron chi connectivity index (χ2n) is 3.07. The molecule has 1 aliphatic rings. The van der Waals surface area contributed by atoms with Crippen LogP contribution in [-0.2, 0) is 9.53 Å². The maximum Gasteiger partial charge on any atom is 0.248 e. The van der Waals surface area contributed by atoms with Crippen LogP contribution in [0, 0.1) is 0 Å². The quantitative estimate of drug-likeness (QED) is 0.608. The van der Waals surface area contributed by atoms with Gasteiger partial charge < -0.3 is 15.0 Å². The Morgan fingerprint density at radius 2 is 2.50 bits per heavy atom. The van der Waals surface area contributed by atoms with E-state index in [0.717, 1.165) is 19.6 Å². The third-order valence-corrected chi connectivity index (χ3v) is 2.09. The van der Waals surface area contributed by atoms with Crippen molar-refractivity contribution in [3.8, 4) is 0 Å². The number of hydrogen-bond acceptors (Lipinski definition) is 3. The van der Waals surface area contributed by atoms with Crippen molar-refractivity contribution < 1.29 is 9.53 Å². The van der Waals surface area contributed by atoms with Gasteiger partial charge in [-0.05, 0) is 6.92 Å². The lowest BCUT2D eigenvalue weighted by molar-refractivity contribution is -0.137. The number of carbonyl (C=O) groups is 1. The highest BCUT2D eigenvalue weighted by molar-refractivity contribution is 5.77. The number of nitrogens with one attached hydrogen (secondary N) is 1. The standard InChI is InChI=1S/C8H16N2O2/c1-7-5-9-3-4-10(7)8(11)6-12-2/h7,9H,3-6H2,1-2H3. The molecule has 0 aromatic heterocycles. The second-order valence-corrected chi connectivity index (χ2v) is 3.07. The molecule has 0 aromatic rings. The molecule has 12 heavy (non-hydrogen) atoms. The Bertz CT molecular complexity index is 161. The molecule has 0 spiro atoms. The van der Waals surface area contributed by atoms with Crippen LogP contribution in [0.2, 0.25) is 0 Å². The molecular weight excluding hydrogens is 156 g/mol. The topological polar surface area (TPSA) is 41.6 Å². The fraction of sp³-hybridized carbons (Fsp3) is 0.875. The molecule has 1 unspecified atom stereocenters. The van der Waals surface area contributed by atoms with Gasteiger partial charge in [-0.25, -0.2) is 0 Å². The summed E-state index contributed by atoms with van der Waals surface area (Å²) in [7, 11) is 1.55.